The summed E-state index contributed by atoms with van der Waals surface area (Å²) < 4.78 is 0. The second-order valence-electron chi connectivity index (χ2n) is 4.25. The van der Waals surface area contributed by atoms with Crippen LogP contribution in [0.1, 0.15) is 34.9 Å². The molecule has 1 unspecified atom stereocenters. The van der Waals surface area contributed by atoms with Gasteiger partial charge in [-0.25, -0.2) is 4.98 Å². The summed E-state index contributed by atoms with van der Waals surface area (Å²) in [6, 6.07) is 4.39. The SMILES string of the molecule is Cc1ccc(NC(C)c2scnc2C)c(C)n1. The first-order chi connectivity index (χ1) is 8.08. The van der Waals surface area contributed by atoms with E-state index >= 15 is 0 Å². The van der Waals surface area contributed by atoms with Gasteiger partial charge in [0.2, 0.25) is 0 Å². The van der Waals surface area contributed by atoms with Gasteiger partial charge in [-0.1, -0.05) is 0 Å². The zero-order chi connectivity index (χ0) is 12.4. The molecule has 0 spiro atoms. The van der Waals surface area contributed by atoms with E-state index in [1.165, 1.54) is 4.88 Å². The third-order valence-electron chi connectivity index (χ3n) is 2.77. The van der Waals surface area contributed by atoms with E-state index in [1.807, 2.05) is 32.3 Å². The predicted molar refractivity (Wildman–Crippen MR) is 72.6 cm³/mol. The first-order valence-electron chi connectivity index (χ1n) is 5.68. The number of aryl methyl sites for hydroxylation is 3. The zero-order valence-electron chi connectivity index (χ0n) is 10.6. The van der Waals surface area contributed by atoms with E-state index < -0.39 is 0 Å². The quantitative estimate of drug-likeness (QED) is 0.900. The van der Waals surface area contributed by atoms with Crippen LogP contribution < -0.4 is 5.32 Å². The topological polar surface area (TPSA) is 37.8 Å². The van der Waals surface area contributed by atoms with Crippen LogP contribution in [0.4, 0.5) is 5.69 Å². The molecule has 3 nitrogen and oxygen atoms in total. The highest BCUT2D eigenvalue weighted by Crippen LogP contribution is 2.26. The molecule has 0 aliphatic carbocycles. The van der Waals surface area contributed by atoms with Crippen molar-refractivity contribution < 1.29 is 0 Å². The highest BCUT2D eigenvalue weighted by Gasteiger charge is 2.11. The minimum atomic E-state index is 0.269. The fourth-order valence-electron chi connectivity index (χ4n) is 1.86. The van der Waals surface area contributed by atoms with Gasteiger partial charge in [0.15, 0.2) is 0 Å². The highest BCUT2D eigenvalue weighted by molar-refractivity contribution is 7.09. The van der Waals surface area contributed by atoms with Crippen LogP contribution in [-0.2, 0) is 0 Å². The normalized spacial score (nSPS) is 12.5. The average Bonchev–Trinajstić information content (AvgIpc) is 2.68. The van der Waals surface area contributed by atoms with Crippen LogP contribution in [0.2, 0.25) is 0 Å². The lowest BCUT2D eigenvalue weighted by Crippen LogP contribution is -2.08. The Hall–Kier alpha value is -1.42. The van der Waals surface area contributed by atoms with Crippen molar-refractivity contribution in [3.8, 4) is 0 Å². The standard InChI is InChI=1S/C13H17N3S/c1-8-5-6-12(9(2)15-8)16-11(4)13-10(3)14-7-17-13/h5-7,11,16H,1-4H3. The van der Waals surface area contributed by atoms with Crippen LogP contribution in [0.3, 0.4) is 0 Å². The van der Waals surface area contributed by atoms with Gasteiger partial charge in [-0.2, -0.15) is 0 Å². The molecule has 0 aliphatic heterocycles. The molecule has 0 bridgehead atoms. The number of thiazole rings is 1. The Morgan fingerprint density at radius 2 is 1.94 bits per heavy atom. The molecule has 0 aliphatic rings. The number of pyridine rings is 1. The number of hydrogen-bond acceptors (Lipinski definition) is 4. The molecular formula is C13H17N3S. The first-order valence-corrected chi connectivity index (χ1v) is 6.56. The van der Waals surface area contributed by atoms with Crippen LogP contribution in [0, 0.1) is 20.8 Å². The molecule has 17 heavy (non-hydrogen) atoms. The molecule has 0 amide bonds. The van der Waals surface area contributed by atoms with Crippen LogP contribution in [0.5, 0.6) is 0 Å². The monoisotopic (exact) mass is 247 g/mol. The maximum absolute atomic E-state index is 4.46. The Morgan fingerprint density at radius 1 is 1.18 bits per heavy atom. The third-order valence-corrected chi connectivity index (χ3v) is 3.89. The van der Waals surface area contributed by atoms with Crippen LogP contribution in [0.15, 0.2) is 17.6 Å². The van der Waals surface area contributed by atoms with E-state index in [0.29, 0.717) is 0 Å². The summed E-state index contributed by atoms with van der Waals surface area (Å²) in [6.07, 6.45) is 0. The van der Waals surface area contributed by atoms with Crippen molar-refractivity contribution >= 4 is 17.0 Å². The number of nitrogens with one attached hydrogen (secondary N) is 1. The number of hydrogen-bond donors (Lipinski definition) is 1. The molecule has 2 rings (SSSR count). The van der Waals surface area contributed by atoms with E-state index in [4.69, 9.17) is 0 Å². The van der Waals surface area contributed by atoms with Crippen molar-refractivity contribution in [1.82, 2.24) is 9.97 Å². The Labute approximate surface area is 106 Å². The lowest BCUT2D eigenvalue weighted by molar-refractivity contribution is 0.883. The van der Waals surface area contributed by atoms with Crippen molar-refractivity contribution in [2.45, 2.75) is 33.7 Å². The summed E-state index contributed by atoms with van der Waals surface area (Å²) in [6.45, 7) is 8.24. The molecule has 2 heterocycles. The zero-order valence-corrected chi connectivity index (χ0v) is 11.4. The molecule has 90 valence electrons. The van der Waals surface area contributed by atoms with Gasteiger partial charge < -0.3 is 5.32 Å². The summed E-state index contributed by atoms with van der Waals surface area (Å²) in [5.74, 6) is 0. The number of rotatable bonds is 3. The summed E-state index contributed by atoms with van der Waals surface area (Å²) in [7, 11) is 0. The van der Waals surface area contributed by atoms with Gasteiger partial charge in [0, 0.05) is 10.6 Å². The van der Waals surface area contributed by atoms with Gasteiger partial charge in [0.1, 0.15) is 0 Å². The smallest absolute Gasteiger partial charge is 0.0798 e. The minimum Gasteiger partial charge on any atom is -0.376 e. The Kier molecular flexibility index (Phi) is 3.43. The van der Waals surface area contributed by atoms with Crippen molar-refractivity contribution in [3.05, 3.63) is 39.6 Å². The summed E-state index contributed by atoms with van der Waals surface area (Å²) in [4.78, 5) is 10.0. The number of aromatic nitrogens is 2. The van der Waals surface area contributed by atoms with Gasteiger partial charge in [-0.05, 0) is 39.8 Å². The first kappa shape index (κ1) is 12.0. The van der Waals surface area contributed by atoms with Crippen LogP contribution in [-0.4, -0.2) is 9.97 Å². The maximum atomic E-state index is 4.46. The highest BCUT2D eigenvalue weighted by atomic mass is 32.1. The van der Waals surface area contributed by atoms with Crippen molar-refractivity contribution in [2.24, 2.45) is 0 Å². The van der Waals surface area contributed by atoms with Crippen LogP contribution >= 0.6 is 11.3 Å². The van der Waals surface area contributed by atoms with Crippen molar-refractivity contribution in [2.75, 3.05) is 5.32 Å². The second kappa shape index (κ2) is 4.84. The number of anilines is 1. The minimum absolute atomic E-state index is 0.269. The van der Waals surface area contributed by atoms with Gasteiger partial charge in [-0.3, -0.25) is 4.98 Å². The largest absolute Gasteiger partial charge is 0.376 e. The predicted octanol–water partition coefficient (Wildman–Crippen LogP) is 3.64. The van der Waals surface area contributed by atoms with E-state index in [-0.39, 0.29) is 6.04 Å². The van der Waals surface area contributed by atoms with Gasteiger partial charge in [0.05, 0.1) is 28.6 Å². The Morgan fingerprint density at radius 3 is 2.53 bits per heavy atom. The van der Waals surface area contributed by atoms with E-state index in [9.17, 15) is 0 Å². The molecule has 0 aromatic carbocycles. The Bertz CT molecular complexity index is 519. The molecule has 2 aromatic rings. The van der Waals surface area contributed by atoms with Gasteiger partial charge >= 0.3 is 0 Å². The molecule has 0 fully saturated rings. The molecule has 1 atom stereocenters. The molecular weight excluding hydrogens is 230 g/mol. The summed E-state index contributed by atoms with van der Waals surface area (Å²) >= 11 is 1.69. The van der Waals surface area contributed by atoms with Crippen molar-refractivity contribution in [1.29, 1.82) is 0 Å². The average molecular weight is 247 g/mol. The number of nitrogens with zero attached hydrogens (tertiary/aromatic N) is 2. The third kappa shape index (κ3) is 2.64. The lowest BCUT2D eigenvalue weighted by atomic mass is 10.2. The molecule has 0 saturated heterocycles. The van der Waals surface area contributed by atoms with Gasteiger partial charge in [0.25, 0.3) is 0 Å². The summed E-state index contributed by atoms with van der Waals surface area (Å²) in [5.41, 5.74) is 6.18. The fraction of sp³-hybridized carbons (Fsp3) is 0.385. The Balaban J connectivity index is 2.19. The molecule has 0 saturated carbocycles. The van der Waals surface area contributed by atoms with Crippen molar-refractivity contribution in [3.63, 3.8) is 0 Å². The molecule has 4 heteroatoms. The lowest BCUT2D eigenvalue weighted by Gasteiger charge is -2.16. The molecule has 1 N–H and O–H groups in total. The van der Waals surface area contributed by atoms with Crippen LogP contribution in [0.25, 0.3) is 0 Å². The maximum Gasteiger partial charge on any atom is 0.0798 e. The van der Waals surface area contributed by atoms with E-state index in [2.05, 4.69) is 28.3 Å². The van der Waals surface area contributed by atoms with E-state index in [0.717, 1.165) is 22.8 Å². The van der Waals surface area contributed by atoms with Gasteiger partial charge in [-0.15, -0.1) is 11.3 Å². The summed E-state index contributed by atoms with van der Waals surface area (Å²) in [5, 5.41) is 3.49. The van der Waals surface area contributed by atoms with E-state index in [1.54, 1.807) is 11.3 Å². The second-order valence-corrected chi connectivity index (χ2v) is 5.14. The molecule has 0 radical (unpaired) electrons. The molecule has 2 aromatic heterocycles. The fourth-order valence-corrected chi connectivity index (χ4v) is 2.68.